The van der Waals surface area contributed by atoms with Gasteiger partial charge in [0.05, 0.1) is 21.6 Å². The lowest BCUT2D eigenvalue weighted by atomic mass is 9.98. The predicted octanol–water partition coefficient (Wildman–Crippen LogP) is 3.86. The van der Waals surface area contributed by atoms with Crippen molar-refractivity contribution in [2.45, 2.75) is 46.2 Å². The standard InChI is InChI=1S/C17H23N3OS2.ClH/c1-4-10(2)16(18)17(21)20-6-5-14-12(8-20)7-15(23-14)13-9-22-11(3)19-13;/h7,9-10,16H,4-6,8,18H2,1-3H3;1H. The van der Waals surface area contributed by atoms with Crippen molar-refractivity contribution in [2.24, 2.45) is 11.7 Å². The van der Waals surface area contributed by atoms with E-state index in [0.717, 1.165) is 30.1 Å². The molecular weight excluding hydrogens is 362 g/mol. The summed E-state index contributed by atoms with van der Waals surface area (Å²) >= 11 is 3.48. The van der Waals surface area contributed by atoms with Crippen LogP contribution < -0.4 is 5.73 Å². The Balaban J connectivity index is 0.00000208. The van der Waals surface area contributed by atoms with Gasteiger partial charge in [0.25, 0.3) is 0 Å². The van der Waals surface area contributed by atoms with Gasteiger partial charge in [-0.05, 0) is 30.9 Å². The monoisotopic (exact) mass is 385 g/mol. The summed E-state index contributed by atoms with van der Waals surface area (Å²) in [6, 6.07) is 1.81. The Labute approximate surface area is 157 Å². The maximum Gasteiger partial charge on any atom is 0.240 e. The zero-order valence-electron chi connectivity index (χ0n) is 14.2. The quantitative estimate of drug-likeness (QED) is 0.869. The molecule has 0 saturated heterocycles. The number of amides is 1. The number of aryl methyl sites for hydroxylation is 1. The number of nitrogens with zero attached hydrogens (tertiary/aromatic N) is 2. The SMILES string of the molecule is CCC(C)C(N)C(=O)N1CCc2sc(-c3csc(C)n3)cc2C1.Cl. The van der Waals surface area contributed by atoms with Crippen LogP contribution in [0.1, 0.15) is 35.7 Å². The number of rotatable bonds is 4. The highest BCUT2D eigenvalue weighted by molar-refractivity contribution is 7.16. The van der Waals surface area contributed by atoms with Crippen LogP contribution in [-0.2, 0) is 17.8 Å². The van der Waals surface area contributed by atoms with E-state index < -0.39 is 0 Å². The van der Waals surface area contributed by atoms with E-state index >= 15 is 0 Å². The third kappa shape index (κ3) is 3.82. The molecule has 2 N–H and O–H groups in total. The second-order valence-corrected chi connectivity index (χ2v) is 8.43. The third-order valence-electron chi connectivity index (χ3n) is 4.59. The number of halogens is 1. The molecule has 1 aliphatic heterocycles. The highest BCUT2D eigenvalue weighted by atomic mass is 35.5. The number of thiophene rings is 1. The molecule has 1 aliphatic rings. The van der Waals surface area contributed by atoms with Crippen LogP contribution in [0.4, 0.5) is 0 Å². The van der Waals surface area contributed by atoms with E-state index in [0.29, 0.717) is 6.54 Å². The number of carbonyl (C=O) groups is 1. The second kappa shape index (κ2) is 7.95. The van der Waals surface area contributed by atoms with Crippen molar-refractivity contribution in [2.75, 3.05) is 6.54 Å². The fourth-order valence-corrected chi connectivity index (χ4v) is 4.64. The number of thiazole rings is 1. The van der Waals surface area contributed by atoms with Gasteiger partial charge in [0.1, 0.15) is 0 Å². The molecule has 4 nitrogen and oxygen atoms in total. The van der Waals surface area contributed by atoms with Crippen LogP contribution in [0.3, 0.4) is 0 Å². The fourth-order valence-electron chi connectivity index (χ4n) is 2.83. The van der Waals surface area contributed by atoms with Crippen LogP contribution in [0.2, 0.25) is 0 Å². The minimum Gasteiger partial charge on any atom is -0.337 e. The number of carbonyl (C=O) groups excluding carboxylic acids is 1. The molecule has 7 heteroatoms. The molecule has 3 heterocycles. The van der Waals surface area contributed by atoms with Crippen LogP contribution >= 0.6 is 35.1 Å². The molecule has 0 saturated carbocycles. The first kappa shape index (κ1) is 19.4. The molecule has 24 heavy (non-hydrogen) atoms. The second-order valence-electron chi connectivity index (χ2n) is 6.23. The lowest BCUT2D eigenvalue weighted by Crippen LogP contribution is -2.48. The molecule has 0 aliphatic carbocycles. The lowest BCUT2D eigenvalue weighted by molar-refractivity contribution is -0.134. The van der Waals surface area contributed by atoms with Crippen LogP contribution in [0.5, 0.6) is 0 Å². The van der Waals surface area contributed by atoms with Crippen molar-refractivity contribution < 1.29 is 4.79 Å². The summed E-state index contributed by atoms with van der Waals surface area (Å²) in [5.74, 6) is 0.308. The fraction of sp³-hybridized carbons (Fsp3) is 0.529. The number of aromatic nitrogens is 1. The van der Waals surface area contributed by atoms with Gasteiger partial charge >= 0.3 is 0 Å². The Morgan fingerprint density at radius 1 is 1.50 bits per heavy atom. The zero-order valence-corrected chi connectivity index (χ0v) is 16.7. The molecule has 2 aromatic rings. The minimum atomic E-state index is -0.388. The summed E-state index contributed by atoms with van der Waals surface area (Å²) in [6.45, 7) is 7.60. The molecule has 0 bridgehead atoms. The Kier molecular flexibility index (Phi) is 6.42. The van der Waals surface area contributed by atoms with Crippen molar-refractivity contribution in [1.82, 2.24) is 9.88 Å². The summed E-state index contributed by atoms with van der Waals surface area (Å²) in [5, 5.41) is 3.19. The van der Waals surface area contributed by atoms with E-state index in [1.807, 2.05) is 30.1 Å². The van der Waals surface area contributed by atoms with Crippen LogP contribution in [0.25, 0.3) is 10.6 Å². The van der Waals surface area contributed by atoms with E-state index in [2.05, 4.69) is 23.4 Å². The van der Waals surface area contributed by atoms with Gasteiger partial charge in [-0.25, -0.2) is 4.98 Å². The summed E-state index contributed by atoms with van der Waals surface area (Å²) in [6.07, 6.45) is 1.85. The Bertz CT molecular complexity index is 713. The van der Waals surface area contributed by atoms with Gasteiger partial charge in [0.2, 0.25) is 5.91 Å². The van der Waals surface area contributed by atoms with Crippen molar-refractivity contribution in [3.05, 3.63) is 26.9 Å². The number of fused-ring (bicyclic) bond motifs is 1. The van der Waals surface area contributed by atoms with Gasteiger partial charge in [0, 0.05) is 23.3 Å². The average molecular weight is 386 g/mol. The molecule has 0 radical (unpaired) electrons. The first-order valence-electron chi connectivity index (χ1n) is 8.08. The number of hydrogen-bond acceptors (Lipinski definition) is 5. The molecule has 0 fully saturated rings. The van der Waals surface area contributed by atoms with E-state index in [4.69, 9.17) is 5.73 Å². The molecule has 0 aromatic carbocycles. The normalized spacial score (nSPS) is 16.2. The summed E-state index contributed by atoms with van der Waals surface area (Å²) in [5.41, 5.74) is 8.44. The van der Waals surface area contributed by atoms with Gasteiger partial charge in [0.15, 0.2) is 0 Å². The predicted molar refractivity (Wildman–Crippen MR) is 104 cm³/mol. The van der Waals surface area contributed by atoms with Gasteiger partial charge in [-0.2, -0.15) is 0 Å². The van der Waals surface area contributed by atoms with Crippen molar-refractivity contribution in [3.8, 4) is 10.6 Å². The van der Waals surface area contributed by atoms with Gasteiger partial charge < -0.3 is 10.6 Å². The maximum atomic E-state index is 12.6. The van der Waals surface area contributed by atoms with Gasteiger partial charge in [-0.1, -0.05) is 20.3 Å². The lowest BCUT2D eigenvalue weighted by Gasteiger charge is -2.31. The Morgan fingerprint density at radius 3 is 2.88 bits per heavy atom. The molecule has 2 atom stereocenters. The summed E-state index contributed by atoms with van der Waals surface area (Å²) in [7, 11) is 0. The summed E-state index contributed by atoms with van der Waals surface area (Å²) < 4.78 is 0. The van der Waals surface area contributed by atoms with Crippen LogP contribution in [0, 0.1) is 12.8 Å². The van der Waals surface area contributed by atoms with Gasteiger partial charge in [-0.15, -0.1) is 35.1 Å². The van der Waals surface area contributed by atoms with E-state index in [1.54, 1.807) is 11.3 Å². The van der Waals surface area contributed by atoms with Crippen LogP contribution in [-0.4, -0.2) is 28.4 Å². The molecule has 1 amide bonds. The molecule has 2 unspecified atom stereocenters. The highest BCUT2D eigenvalue weighted by Gasteiger charge is 2.28. The Hall–Kier alpha value is -0.950. The van der Waals surface area contributed by atoms with E-state index in [1.165, 1.54) is 15.3 Å². The largest absolute Gasteiger partial charge is 0.337 e. The minimum absolute atomic E-state index is 0. The van der Waals surface area contributed by atoms with Gasteiger partial charge in [-0.3, -0.25) is 4.79 Å². The smallest absolute Gasteiger partial charge is 0.240 e. The first-order valence-corrected chi connectivity index (χ1v) is 9.77. The third-order valence-corrected chi connectivity index (χ3v) is 6.63. The van der Waals surface area contributed by atoms with Crippen molar-refractivity contribution >= 4 is 41.0 Å². The Morgan fingerprint density at radius 2 is 2.25 bits per heavy atom. The zero-order chi connectivity index (χ0) is 16.6. The number of hydrogen-bond donors (Lipinski definition) is 1. The molecular formula is C17H24ClN3OS2. The topological polar surface area (TPSA) is 59.2 Å². The summed E-state index contributed by atoms with van der Waals surface area (Å²) in [4.78, 5) is 21.7. The first-order chi connectivity index (χ1) is 11.0. The molecule has 0 spiro atoms. The average Bonchev–Trinajstić information content (AvgIpc) is 3.17. The maximum absolute atomic E-state index is 12.6. The van der Waals surface area contributed by atoms with Crippen molar-refractivity contribution in [1.29, 1.82) is 0 Å². The van der Waals surface area contributed by atoms with Crippen molar-refractivity contribution in [3.63, 3.8) is 0 Å². The molecule has 2 aromatic heterocycles. The molecule has 132 valence electrons. The van der Waals surface area contributed by atoms with Crippen LogP contribution in [0.15, 0.2) is 11.4 Å². The van der Waals surface area contributed by atoms with E-state index in [-0.39, 0.29) is 30.3 Å². The highest BCUT2D eigenvalue weighted by Crippen LogP contribution is 2.35. The molecule has 3 rings (SSSR count). The van der Waals surface area contributed by atoms with E-state index in [9.17, 15) is 4.79 Å². The number of nitrogens with two attached hydrogens (primary N) is 1.